The van der Waals surface area contributed by atoms with Crippen LogP contribution < -0.4 is 0 Å². The Bertz CT molecular complexity index is 147. The van der Waals surface area contributed by atoms with Gasteiger partial charge in [0.2, 0.25) is 0 Å². The maximum Gasteiger partial charge on any atom is 0.310 e. The van der Waals surface area contributed by atoms with Gasteiger partial charge >= 0.3 is 5.97 Å². The van der Waals surface area contributed by atoms with Gasteiger partial charge in [0.15, 0.2) is 0 Å². The van der Waals surface area contributed by atoms with E-state index in [1.54, 1.807) is 0 Å². The van der Waals surface area contributed by atoms with E-state index in [2.05, 4.69) is 6.92 Å². The molecule has 0 radical (unpaired) electrons. The van der Waals surface area contributed by atoms with Gasteiger partial charge in [-0.05, 0) is 12.0 Å². The lowest BCUT2D eigenvalue weighted by atomic mass is 10.2. The molecule has 1 fully saturated rings. The maximum atomic E-state index is 10.5. The van der Waals surface area contributed by atoms with E-state index in [1.807, 2.05) is 6.08 Å². The minimum Gasteiger partial charge on any atom is -0.461 e. The fourth-order valence-electron chi connectivity index (χ4n) is 0.880. The number of rotatable bonds is 1. The molecule has 0 aromatic carbocycles. The minimum atomic E-state index is -0.0882. The standard InChI is InChI=1S/C7H10O2/c1-2-3-6-4-7(8)9-5-6/h3H,2,4-5H2,1H3/b6-3+. The lowest BCUT2D eigenvalue weighted by Gasteiger charge is -1.86. The first-order valence-corrected chi connectivity index (χ1v) is 3.16. The summed E-state index contributed by atoms with van der Waals surface area (Å²) in [6.45, 7) is 2.57. The Kier molecular flexibility index (Phi) is 1.88. The third-order valence-electron chi connectivity index (χ3n) is 1.28. The number of hydrogen-bond acceptors (Lipinski definition) is 2. The van der Waals surface area contributed by atoms with E-state index >= 15 is 0 Å². The molecule has 0 amide bonds. The Labute approximate surface area is 54.5 Å². The first-order valence-electron chi connectivity index (χ1n) is 3.16. The first-order chi connectivity index (χ1) is 4.33. The van der Waals surface area contributed by atoms with Crippen LogP contribution in [0.3, 0.4) is 0 Å². The zero-order chi connectivity index (χ0) is 6.69. The van der Waals surface area contributed by atoms with Crippen LogP contribution in [0.4, 0.5) is 0 Å². The van der Waals surface area contributed by atoms with Gasteiger partial charge in [-0.15, -0.1) is 0 Å². The SMILES string of the molecule is CC/C=C1/COC(=O)C1. The molecule has 9 heavy (non-hydrogen) atoms. The minimum absolute atomic E-state index is 0.0882. The fraction of sp³-hybridized carbons (Fsp3) is 0.571. The van der Waals surface area contributed by atoms with Crippen molar-refractivity contribution >= 4 is 5.97 Å². The summed E-state index contributed by atoms with van der Waals surface area (Å²) < 4.78 is 4.71. The van der Waals surface area contributed by atoms with Crippen molar-refractivity contribution in [2.45, 2.75) is 19.8 Å². The summed E-state index contributed by atoms with van der Waals surface area (Å²) in [5.41, 5.74) is 1.13. The first kappa shape index (κ1) is 6.33. The van der Waals surface area contributed by atoms with Crippen molar-refractivity contribution in [1.82, 2.24) is 0 Å². The molecule has 1 saturated heterocycles. The van der Waals surface area contributed by atoms with Crippen molar-refractivity contribution in [1.29, 1.82) is 0 Å². The molecule has 2 nitrogen and oxygen atoms in total. The molecule has 2 heteroatoms. The highest BCUT2D eigenvalue weighted by molar-refractivity contribution is 5.75. The Morgan fingerprint density at radius 3 is 3.00 bits per heavy atom. The lowest BCUT2D eigenvalue weighted by Crippen LogP contribution is -1.88. The molecule has 0 atom stereocenters. The van der Waals surface area contributed by atoms with Crippen LogP contribution in [0, 0.1) is 0 Å². The summed E-state index contributed by atoms with van der Waals surface area (Å²) in [7, 11) is 0. The predicted molar refractivity (Wildman–Crippen MR) is 33.9 cm³/mol. The van der Waals surface area contributed by atoms with Crippen LogP contribution in [0.15, 0.2) is 11.6 Å². The van der Waals surface area contributed by atoms with E-state index in [4.69, 9.17) is 4.74 Å². The highest BCUT2D eigenvalue weighted by Gasteiger charge is 2.14. The van der Waals surface area contributed by atoms with E-state index in [9.17, 15) is 4.79 Å². The molecule has 0 aliphatic carbocycles. The number of hydrogen-bond donors (Lipinski definition) is 0. The molecule has 1 aliphatic rings. The van der Waals surface area contributed by atoms with E-state index in [-0.39, 0.29) is 5.97 Å². The molecule has 0 aromatic rings. The fourth-order valence-corrected chi connectivity index (χ4v) is 0.880. The third kappa shape index (κ3) is 1.56. The molecule has 1 heterocycles. The molecule has 0 aromatic heterocycles. The summed E-state index contributed by atoms with van der Waals surface area (Å²) in [5.74, 6) is -0.0882. The molecule has 0 saturated carbocycles. The largest absolute Gasteiger partial charge is 0.461 e. The van der Waals surface area contributed by atoms with Gasteiger partial charge in [0.05, 0.1) is 6.42 Å². The topological polar surface area (TPSA) is 26.3 Å². The smallest absolute Gasteiger partial charge is 0.310 e. The lowest BCUT2D eigenvalue weighted by molar-refractivity contribution is -0.137. The third-order valence-corrected chi connectivity index (χ3v) is 1.28. The molecule has 1 aliphatic heterocycles. The average molecular weight is 126 g/mol. The van der Waals surface area contributed by atoms with Gasteiger partial charge in [-0.1, -0.05) is 13.0 Å². The van der Waals surface area contributed by atoms with Gasteiger partial charge in [-0.3, -0.25) is 4.79 Å². The van der Waals surface area contributed by atoms with Gasteiger partial charge < -0.3 is 4.74 Å². The van der Waals surface area contributed by atoms with E-state index in [0.29, 0.717) is 13.0 Å². The normalized spacial score (nSPS) is 22.8. The van der Waals surface area contributed by atoms with Gasteiger partial charge in [0.25, 0.3) is 0 Å². The van der Waals surface area contributed by atoms with Crippen LogP contribution in [-0.4, -0.2) is 12.6 Å². The van der Waals surface area contributed by atoms with Gasteiger partial charge in [-0.2, -0.15) is 0 Å². The van der Waals surface area contributed by atoms with Crippen molar-refractivity contribution in [3.05, 3.63) is 11.6 Å². The Hall–Kier alpha value is -0.790. The second-order valence-corrected chi connectivity index (χ2v) is 2.11. The van der Waals surface area contributed by atoms with Gasteiger partial charge in [-0.25, -0.2) is 0 Å². The quantitative estimate of drug-likeness (QED) is 0.390. The molecular formula is C7H10O2. The molecule has 0 bridgehead atoms. The summed E-state index contributed by atoms with van der Waals surface area (Å²) in [6.07, 6.45) is 3.55. The number of esters is 1. The Morgan fingerprint density at radius 2 is 2.56 bits per heavy atom. The number of cyclic esters (lactones) is 1. The van der Waals surface area contributed by atoms with Crippen LogP contribution in [0.5, 0.6) is 0 Å². The van der Waals surface area contributed by atoms with Crippen LogP contribution in [0.2, 0.25) is 0 Å². The predicted octanol–water partition coefficient (Wildman–Crippen LogP) is 1.27. The van der Waals surface area contributed by atoms with Gasteiger partial charge in [0, 0.05) is 0 Å². The zero-order valence-corrected chi connectivity index (χ0v) is 5.52. The molecule has 0 unspecified atom stereocenters. The van der Waals surface area contributed by atoms with Crippen LogP contribution in [0.25, 0.3) is 0 Å². The number of ether oxygens (including phenoxy) is 1. The highest BCUT2D eigenvalue weighted by Crippen LogP contribution is 2.12. The van der Waals surface area contributed by atoms with Crippen LogP contribution >= 0.6 is 0 Å². The second kappa shape index (κ2) is 2.67. The molecule has 1 rings (SSSR count). The van der Waals surface area contributed by atoms with Crippen LogP contribution in [-0.2, 0) is 9.53 Å². The monoisotopic (exact) mass is 126 g/mol. The summed E-state index contributed by atoms with van der Waals surface area (Å²) in [6, 6.07) is 0. The summed E-state index contributed by atoms with van der Waals surface area (Å²) in [4.78, 5) is 10.5. The number of allylic oxidation sites excluding steroid dienone is 1. The van der Waals surface area contributed by atoms with E-state index in [1.165, 1.54) is 0 Å². The van der Waals surface area contributed by atoms with E-state index < -0.39 is 0 Å². The maximum absolute atomic E-state index is 10.5. The summed E-state index contributed by atoms with van der Waals surface area (Å²) >= 11 is 0. The van der Waals surface area contributed by atoms with Crippen molar-refractivity contribution in [3.63, 3.8) is 0 Å². The van der Waals surface area contributed by atoms with Crippen LogP contribution in [0.1, 0.15) is 19.8 Å². The van der Waals surface area contributed by atoms with Crippen molar-refractivity contribution in [2.24, 2.45) is 0 Å². The van der Waals surface area contributed by atoms with E-state index in [0.717, 1.165) is 12.0 Å². The Morgan fingerprint density at radius 1 is 1.78 bits per heavy atom. The van der Waals surface area contributed by atoms with Gasteiger partial charge in [0.1, 0.15) is 6.61 Å². The number of carbonyl (C=O) groups excluding carboxylic acids is 1. The molecule has 0 N–H and O–H groups in total. The Balaban J connectivity index is 2.47. The average Bonchev–Trinajstić information content (AvgIpc) is 2.17. The van der Waals surface area contributed by atoms with Crippen molar-refractivity contribution in [2.75, 3.05) is 6.61 Å². The molecular weight excluding hydrogens is 116 g/mol. The van der Waals surface area contributed by atoms with Crippen molar-refractivity contribution in [3.8, 4) is 0 Å². The number of carbonyl (C=O) groups is 1. The summed E-state index contributed by atoms with van der Waals surface area (Å²) in [5, 5.41) is 0. The molecule has 0 spiro atoms. The zero-order valence-electron chi connectivity index (χ0n) is 5.52. The van der Waals surface area contributed by atoms with Crippen molar-refractivity contribution < 1.29 is 9.53 Å². The molecule has 50 valence electrons. The highest BCUT2D eigenvalue weighted by atomic mass is 16.5. The second-order valence-electron chi connectivity index (χ2n) is 2.11.